The van der Waals surface area contributed by atoms with Crippen molar-refractivity contribution < 1.29 is 9.53 Å². The Morgan fingerprint density at radius 2 is 1.95 bits per heavy atom. The van der Waals surface area contributed by atoms with E-state index in [1.165, 1.54) is 0 Å². The molecule has 1 atom stereocenters. The van der Waals surface area contributed by atoms with E-state index in [1.807, 2.05) is 29.2 Å². The van der Waals surface area contributed by atoms with Crippen LogP contribution in [-0.2, 0) is 4.79 Å². The number of rotatable bonds is 5. The molecule has 1 aromatic rings. The van der Waals surface area contributed by atoms with Crippen molar-refractivity contribution in [1.82, 2.24) is 4.90 Å². The van der Waals surface area contributed by atoms with Gasteiger partial charge in [-0.3, -0.25) is 4.79 Å². The Balaban J connectivity index is 2.00. The molecule has 104 valence electrons. The zero-order valence-corrected chi connectivity index (χ0v) is 11.5. The number of likely N-dealkylation sites (tertiary alicyclic amines) is 1. The van der Waals surface area contributed by atoms with Crippen molar-refractivity contribution in [2.75, 3.05) is 26.7 Å². The first kappa shape index (κ1) is 13.9. The first-order valence-electron chi connectivity index (χ1n) is 6.86. The van der Waals surface area contributed by atoms with Crippen molar-refractivity contribution in [2.24, 2.45) is 5.73 Å². The summed E-state index contributed by atoms with van der Waals surface area (Å²) < 4.78 is 5.14. The van der Waals surface area contributed by atoms with Crippen molar-refractivity contribution >= 4 is 5.91 Å². The minimum Gasteiger partial charge on any atom is -0.497 e. The van der Waals surface area contributed by atoms with Crippen LogP contribution in [0.2, 0.25) is 0 Å². The van der Waals surface area contributed by atoms with E-state index in [-0.39, 0.29) is 11.8 Å². The standard InChI is InChI=1S/C15H22N2O2/c1-19-14-6-4-12(5-7-14)13(11-16)10-15(18)17-8-2-3-9-17/h4-7,13H,2-3,8-11,16H2,1H3. The van der Waals surface area contributed by atoms with E-state index in [2.05, 4.69) is 0 Å². The van der Waals surface area contributed by atoms with Crippen molar-refractivity contribution in [1.29, 1.82) is 0 Å². The second-order valence-electron chi connectivity index (χ2n) is 5.00. The highest BCUT2D eigenvalue weighted by Crippen LogP contribution is 2.23. The monoisotopic (exact) mass is 262 g/mol. The summed E-state index contributed by atoms with van der Waals surface area (Å²) in [6.07, 6.45) is 2.76. The molecule has 2 rings (SSSR count). The molecule has 1 saturated heterocycles. The quantitative estimate of drug-likeness (QED) is 0.879. The average Bonchev–Trinajstić information content (AvgIpc) is 2.99. The fourth-order valence-corrected chi connectivity index (χ4v) is 2.52. The summed E-state index contributed by atoms with van der Waals surface area (Å²) in [5, 5.41) is 0. The molecule has 0 saturated carbocycles. The van der Waals surface area contributed by atoms with Crippen LogP contribution in [0.15, 0.2) is 24.3 Å². The molecular weight excluding hydrogens is 240 g/mol. The van der Waals surface area contributed by atoms with Gasteiger partial charge in [-0.25, -0.2) is 0 Å². The summed E-state index contributed by atoms with van der Waals surface area (Å²) in [6, 6.07) is 7.82. The lowest BCUT2D eigenvalue weighted by molar-refractivity contribution is -0.130. The molecular formula is C15H22N2O2. The van der Waals surface area contributed by atoms with E-state index in [1.54, 1.807) is 7.11 Å². The van der Waals surface area contributed by atoms with Gasteiger partial charge in [0, 0.05) is 25.4 Å². The van der Waals surface area contributed by atoms with Gasteiger partial charge in [0.05, 0.1) is 7.11 Å². The summed E-state index contributed by atoms with van der Waals surface area (Å²) in [7, 11) is 1.65. The predicted octanol–water partition coefficient (Wildman–Crippen LogP) is 1.75. The van der Waals surface area contributed by atoms with Crippen LogP contribution in [0.3, 0.4) is 0 Å². The van der Waals surface area contributed by atoms with Crippen LogP contribution < -0.4 is 10.5 Å². The highest BCUT2D eigenvalue weighted by atomic mass is 16.5. The number of carbonyl (C=O) groups is 1. The molecule has 1 heterocycles. The van der Waals surface area contributed by atoms with Gasteiger partial charge in [-0.2, -0.15) is 0 Å². The minimum absolute atomic E-state index is 0.0963. The lowest BCUT2D eigenvalue weighted by Gasteiger charge is -2.20. The summed E-state index contributed by atoms with van der Waals surface area (Å²) >= 11 is 0. The maximum atomic E-state index is 12.2. The van der Waals surface area contributed by atoms with Gasteiger partial charge >= 0.3 is 0 Å². The Kier molecular flexibility index (Phi) is 4.80. The Morgan fingerprint density at radius 3 is 2.47 bits per heavy atom. The molecule has 0 radical (unpaired) electrons. The number of carbonyl (C=O) groups excluding carboxylic acids is 1. The Bertz CT molecular complexity index is 411. The summed E-state index contributed by atoms with van der Waals surface area (Å²) in [5.41, 5.74) is 6.93. The van der Waals surface area contributed by atoms with Crippen LogP contribution in [0, 0.1) is 0 Å². The number of hydrogen-bond donors (Lipinski definition) is 1. The van der Waals surface area contributed by atoms with Gasteiger partial charge < -0.3 is 15.4 Å². The molecule has 19 heavy (non-hydrogen) atoms. The predicted molar refractivity (Wildman–Crippen MR) is 75.2 cm³/mol. The van der Waals surface area contributed by atoms with Gasteiger partial charge in [-0.15, -0.1) is 0 Å². The Hall–Kier alpha value is -1.55. The maximum absolute atomic E-state index is 12.2. The smallest absolute Gasteiger partial charge is 0.223 e. The normalized spacial score (nSPS) is 16.4. The number of benzene rings is 1. The number of ether oxygens (including phenoxy) is 1. The van der Waals surface area contributed by atoms with Gasteiger partial charge in [-0.05, 0) is 37.1 Å². The fourth-order valence-electron chi connectivity index (χ4n) is 2.52. The summed E-state index contributed by atoms with van der Waals surface area (Å²) in [6.45, 7) is 2.30. The number of amides is 1. The van der Waals surface area contributed by atoms with Crippen LogP contribution in [0.1, 0.15) is 30.7 Å². The third-order valence-corrected chi connectivity index (χ3v) is 3.75. The SMILES string of the molecule is COc1ccc(C(CN)CC(=O)N2CCCC2)cc1. The van der Waals surface area contributed by atoms with Crippen molar-refractivity contribution in [2.45, 2.75) is 25.2 Å². The molecule has 0 spiro atoms. The number of nitrogens with two attached hydrogens (primary N) is 1. The lowest BCUT2D eigenvalue weighted by atomic mass is 9.95. The molecule has 4 heteroatoms. The van der Waals surface area contributed by atoms with Gasteiger partial charge in [0.1, 0.15) is 5.75 Å². The molecule has 1 fully saturated rings. The second kappa shape index (κ2) is 6.57. The van der Waals surface area contributed by atoms with E-state index < -0.39 is 0 Å². The van der Waals surface area contributed by atoms with Gasteiger partial charge in [0.15, 0.2) is 0 Å². The first-order valence-corrected chi connectivity index (χ1v) is 6.86. The van der Waals surface area contributed by atoms with Crippen molar-refractivity contribution in [3.05, 3.63) is 29.8 Å². The molecule has 1 aromatic carbocycles. The second-order valence-corrected chi connectivity index (χ2v) is 5.00. The van der Waals surface area contributed by atoms with Crippen LogP contribution in [0.4, 0.5) is 0 Å². The highest BCUT2D eigenvalue weighted by Gasteiger charge is 2.22. The molecule has 1 aliphatic heterocycles. The molecule has 1 amide bonds. The fraction of sp³-hybridized carbons (Fsp3) is 0.533. The Labute approximate surface area is 114 Å². The highest BCUT2D eigenvalue weighted by molar-refractivity contribution is 5.77. The third kappa shape index (κ3) is 3.47. The maximum Gasteiger partial charge on any atom is 0.223 e. The topological polar surface area (TPSA) is 55.6 Å². The van der Waals surface area contributed by atoms with Crippen LogP contribution in [0.25, 0.3) is 0 Å². The Morgan fingerprint density at radius 1 is 1.32 bits per heavy atom. The molecule has 4 nitrogen and oxygen atoms in total. The molecule has 0 aliphatic carbocycles. The van der Waals surface area contributed by atoms with E-state index in [4.69, 9.17) is 10.5 Å². The van der Waals surface area contributed by atoms with Crippen LogP contribution >= 0.6 is 0 Å². The van der Waals surface area contributed by atoms with Crippen molar-refractivity contribution in [3.8, 4) is 5.75 Å². The summed E-state index contributed by atoms with van der Waals surface area (Å²) in [5.74, 6) is 1.15. The van der Waals surface area contributed by atoms with Crippen molar-refractivity contribution in [3.63, 3.8) is 0 Å². The molecule has 1 unspecified atom stereocenters. The minimum atomic E-state index is 0.0963. The lowest BCUT2D eigenvalue weighted by Crippen LogP contribution is -2.30. The largest absolute Gasteiger partial charge is 0.497 e. The van der Waals surface area contributed by atoms with Crippen LogP contribution in [0.5, 0.6) is 5.75 Å². The first-order chi connectivity index (χ1) is 9.24. The zero-order valence-electron chi connectivity index (χ0n) is 11.5. The average molecular weight is 262 g/mol. The third-order valence-electron chi connectivity index (χ3n) is 3.75. The van der Waals surface area contributed by atoms with E-state index in [0.717, 1.165) is 37.2 Å². The summed E-state index contributed by atoms with van der Waals surface area (Å²) in [4.78, 5) is 14.1. The molecule has 2 N–H and O–H groups in total. The zero-order chi connectivity index (χ0) is 13.7. The molecule has 0 bridgehead atoms. The van der Waals surface area contributed by atoms with Gasteiger partial charge in [-0.1, -0.05) is 12.1 Å². The number of methoxy groups -OCH3 is 1. The molecule has 1 aliphatic rings. The van der Waals surface area contributed by atoms with E-state index >= 15 is 0 Å². The molecule has 0 aromatic heterocycles. The van der Waals surface area contributed by atoms with Gasteiger partial charge in [0.2, 0.25) is 5.91 Å². The van der Waals surface area contributed by atoms with E-state index in [0.29, 0.717) is 13.0 Å². The number of hydrogen-bond acceptors (Lipinski definition) is 3. The number of nitrogens with zero attached hydrogens (tertiary/aromatic N) is 1. The van der Waals surface area contributed by atoms with Gasteiger partial charge in [0.25, 0.3) is 0 Å². The van der Waals surface area contributed by atoms with E-state index in [9.17, 15) is 4.79 Å². The van der Waals surface area contributed by atoms with Crippen LogP contribution in [-0.4, -0.2) is 37.6 Å².